The van der Waals surface area contributed by atoms with Crippen LogP contribution in [0.3, 0.4) is 0 Å². The number of benzene rings is 2. The summed E-state index contributed by atoms with van der Waals surface area (Å²) in [6, 6.07) is 16.3. The second kappa shape index (κ2) is 8.70. The summed E-state index contributed by atoms with van der Waals surface area (Å²) >= 11 is 0. The van der Waals surface area contributed by atoms with Crippen LogP contribution in [0.2, 0.25) is 0 Å². The number of hydrogen-bond acceptors (Lipinski definition) is 4. The van der Waals surface area contributed by atoms with E-state index in [1.807, 2.05) is 25.1 Å². The first-order valence-corrected chi connectivity index (χ1v) is 7.80. The van der Waals surface area contributed by atoms with Gasteiger partial charge in [-0.15, -0.1) is 0 Å². The molecule has 0 aromatic heterocycles. The van der Waals surface area contributed by atoms with Gasteiger partial charge in [0.25, 0.3) is 5.91 Å². The molecular formula is C19H20N2O3. The fourth-order valence-electron chi connectivity index (χ4n) is 2.32. The number of hydrogen-bond donors (Lipinski definition) is 1. The van der Waals surface area contributed by atoms with Crippen molar-refractivity contribution in [3.8, 4) is 11.8 Å². The van der Waals surface area contributed by atoms with Crippen molar-refractivity contribution in [3.63, 3.8) is 0 Å². The molecule has 0 atom stereocenters. The van der Waals surface area contributed by atoms with E-state index in [0.717, 1.165) is 5.56 Å². The third kappa shape index (κ3) is 4.34. The minimum absolute atomic E-state index is 0.0565. The third-order valence-electron chi connectivity index (χ3n) is 3.67. The third-order valence-corrected chi connectivity index (χ3v) is 3.67. The van der Waals surface area contributed by atoms with Crippen LogP contribution in [0.1, 0.15) is 28.4 Å². The van der Waals surface area contributed by atoms with E-state index >= 15 is 0 Å². The molecule has 0 heterocycles. The van der Waals surface area contributed by atoms with Gasteiger partial charge >= 0.3 is 0 Å². The summed E-state index contributed by atoms with van der Waals surface area (Å²) in [7, 11) is 0. The second-order valence-electron chi connectivity index (χ2n) is 5.19. The summed E-state index contributed by atoms with van der Waals surface area (Å²) in [5.74, 6) is 0.512. The van der Waals surface area contributed by atoms with Gasteiger partial charge in [-0.3, -0.25) is 4.79 Å². The molecule has 0 aliphatic heterocycles. The Kier molecular flexibility index (Phi) is 6.35. The van der Waals surface area contributed by atoms with E-state index in [1.165, 1.54) is 0 Å². The molecule has 24 heavy (non-hydrogen) atoms. The number of ether oxygens (including phenoxy) is 1. The van der Waals surface area contributed by atoms with Crippen molar-refractivity contribution in [2.75, 3.05) is 19.7 Å². The Balaban J connectivity index is 2.02. The Hall–Kier alpha value is -2.84. The number of likely N-dealkylation sites (N-methyl/N-ethyl adjacent to an activating group) is 1. The number of aliphatic hydroxyl groups excluding tert-OH is 1. The molecule has 0 unspecified atom stereocenters. The molecular weight excluding hydrogens is 304 g/mol. The standard InChI is InChI=1S/C19H20N2O3/c1-2-21(11-12-22)19(23)15-7-9-18(10-8-15)24-14-17-6-4-3-5-16(17)13-20/h3-10,22H,2,11-12,14H2,1H3. The SMILES string of the molecule is CCN(CCO)C(=O)c1ccc(OCc2ccccc2C#N)cc1. The molecule has 5 nitrogen and oxygen atoms in total. The predicted octanol–water partition coefficient (Wildman–Crippen LogP) is 2.59. The Morgan fingerprint density at radius 2 is 1.92 bits per heavy atom. The van der Waals surface area contributed by atoms with Gasteiger partial charge in [0.2, 0.25) is 0 Å². The summed E-state index contributed by atoms with van der Waals surface area (Å²) in [6.07, 6.45) is 0. The zero-order valence-corrected chi connectivity index (χ0v) is 13.6. The summed E-state index contributed by atoms with van der Waals surface area (Å²) in [5.41, 5.74) is 1.96. The van der Waals surface area contributed by atoms with Crippen molar-refractivity contribution in [3.05, 3.63) is 65.2 Å². The quantitative estimate of drug-likeness (QED) is 0.849. The largest absolute Gasteiger partial charge is 0.489 e. The van der Waals surface area contributed by atoms with Crippen molar-refractivity contribution in [2.24, 2.45) is 0 Å². The molecule has 0 aliphatic carbocycles. The molecule has 2 aromatic rings. The van der Waals surface area contributed by atoms with E-state index in [1.54, 1.807) is 35.2 Å². The number of nitrogens with zero attached hydrogens (tertiary/aromatic N) is 2. The van der Waals surface area contributed by atoms with Crippen LogP contribution >= 0.6 is 0 Å². The predicted molar refractivity (Wildman–Crippen MR) is 90.6 cm³/mol. The van der Waals surface area contributed by atoms with E-state index in [9.17, 15) is 4.79 Å². The molecule has 0 radical (unpaired) electrons. The number of carbonyl (C=O) groups excluding carboxylic acids is 1. The molecule has 0 spiro atoms. The Labute approximate surface area is 141 Å². The fraction of sp³-hybridized carbons (Fsp3) is 0.263. The molecule has 0 bridgehead atoms. The first-order valence-electron chi connectivity index (χ1n) is 7.80. The fourth-order valence-corrected chi connectivity index (χ4v) is 2.32. The molecule has 2 rings (SSSR count). The molecule has 0 fully saturated rings. The first-order chi connectivity index (χ1) is 11.7. The highest BCUT2D eigenvalue weighted by atomic mass is 16.5. The summed E-state index contributed by atoms with van der Waals surface area (Å²) < 4.78 is 5.69. The average molecular weight is 324 g/mol. The smallest absolute Gasteiger partial charge is 0.253 e. The lowest BCUT2D eigenvalue weighted by molar-refractivity contribution is 0.0732. The van der Waals surface area contributed by atoms with Gasteiger partial charge in [-0.1, -0.05) is 18.2 Å². The minimum atomic E-state index is -0.118. The van der Waals surface area contributed by atoms with E-state index in [2.05, 4.69) is 6.07 Å². The number of aliphatic hydroxyl groups is 1. The van der Waals surface area contributed by atoms with Gasteiger partial charge in [-0.2, -0.15) is 5.26 Å². The molecule has 1 N–H and O–H groups in total. The van der Waals surface area contributed by atoms with Crippen molar-refractivity contribution in [2.45, 2.75) is 13.5 Å². The zero-order valence-electron chi connectivity index (χ0n) is 13.6. The van der Waals surface area contributed by atoms with Gasteiger partial charge in [-0.25, -0.2) is 0 Å². The minimum Gasteiger partial charge on any atom is -0.489 e. The molecule has 0 saturated carbocycles. The van der Waals surface area contributed by atoms with Gasteiger partial charge in [0, 0.05) is 24.2 Å². The Morgan fingerprint density at radius 1 is 1.21 bits per heavy atom. The van der Waals surface area contributed by atoms with Crippen LogP contribution in [0.5, 0.6) is 5.75 Å². The van der Waals surface area contributed by atoms with Crippen LogP contribution in [0, 0.1) is 11.3 Å². The lowest BCUT2D eigenvalue weighted by atomic mass is 10.1. The van der Waals surface area contributed by atoms with Crippen LogP contribution in [-0.4, -0.2) is 35.6 Å². The second-order valence-corrected chi connectivity index (χ2v) is 5.19. The lowest BCUT2D eigenvalue weighted by Crippen LogP contribution is -2.33. The molecule has 5 heteroatoms. The Bertz CT molecular complexity index is 720. The van der Waals surface area contributed by atoms with Crippen molar-refractivity contribution >= 4 is 5.91 Å². The monoisotopic (exact) mass is 324 g/mol. The molecule has 0 saturated heterocycles. The van der Waals surface area contributed by atoms with Gasteiger partial charge in [-0.05, 0) is 37.3 Å². The van der Waals surface area contributed by atoms with Crippen molar-refractivity contribution in [1.82, 2.24) is 4.90 Å². The van der Waals surface area contributed by atoms with E-state index in [4.69, 9.17) is 15.1 Å². The molecule has 124 valence electrons. The maximum Gasteiger partial charge on any atom is 0.253 e. The van der Waals surface area contributed by atoms with Crippen LogP contribution < -0.4 is 4.74 Å². The summed E-state index contributed by atoms with van der Waals surface area (Å²) in [4.78, 5) is 13.9. The normalized spacial score (nSPS) is 10.0. The zero-order chi connectivity index (χ0) is 17.4. The molecule has 0 aliphatic rings. The summed E-state index contributed by atoms with van der Waals surface area (Å²) in [6.45, 7) is 2.97. The van der Waals surface area contributed by atoms with Crippen LogP contribution in [-0.2, 0) is 6.61 Å². The van der Waals surface area contributed by atoms with Crippen LogP contribution in [0.25, 0.3) is 0 Å². The van der Waals surface area contributed by atoms with Crippen molar-refractivity contribution in [1.29, 1.82) is 5.26 Å². The van der Waals surface area contributed by atoms with E-state index in [0.29, 0.717) is 36.6 Å². The number of rotatable bonds is 7. The number of amides is 1. The highest BCUT2D eigenvalue weighted by Gasteiger charge is 2.13. The highest BCUT2D eigenvalue weighted by molar-refractivity contribution is 5.94. The van der Waals surface area contributed by atoms with Gasteiger partial charge in [0.1, 0.15) is 12.4 Å². The maximum atomic E-state index is 12.3. The van der Waals surface area contributed by atoms with Gasteiger partial charge in [0.05, 0.1) is 18.2 Å². The van der Waals surface area contributed by atoms with Crippen LogP contribution in [0.4, 0.5) is 0 Å². The average Bonchev–Trinajstić information content (AvgIpc) is 2.64. The Morgan fingerprint density at radius 3 is 2.54 bits per heavy atom. The van der Waals surface area contributed by atoms with Gasteiger partial charge < -0.3 is 14.7 Å². The molecule has 2 aromatic carbocycles. The van der Waals surface area contributed by atoms with E-state index in [-0.39, 0.29) is 12.5 Å². The molecule has 1 amide bonds. The van der Waals surface area contributed by atoms with Gasteiger partial charge in [0.15, 0.2) is 0 Å². The van der Waals surface area contributed by atoms with E-state index < -0.39 is 0 Å². The summed E-state index contributed by atoms with van der Waals surface area (Å²) in [5, 5.41) is 18.1. The highest BCUT2D eigenvalue weighted by Crippen LogP contribution is 2.17. The number of carbonyl (C=O) groups is 1. The lowest BCUT2D eigenvalue weighted by Gasteiger charge is -2.19. The van der Waals surface area contributed by atoms with Crippen molar-refractivity contribution < 1.29 is 14.6 Å². The first kappa shape index (κ1) is 17.5. The number of nitriles is 1. The van der Waals surface area contributed by atoms with Crippen LogP contribution in [0.15, 0.2) is 48.5 Å². The maximum absolute atomic E-state index is 12.3. The topological polar surface area (TPSA) is 73.6 Å².